The molecule has 0 aliphatic carbocycles. The van der Waals surface area contributed by atoms with Crippen molar-refractivity contribution in [2.45, 2.75) is 6.42 Å². The molecule has 0 saturated carbocycles. The van der Waals surface area contributed by atoms with E-state index < -0.39 is 0 Å². The Morgan fingerprint density at radius 2 is 1.89 bits per heavy atom. The lowest BCUT2D eigenvalue weighted by Gasteiger charge is -2.04. The van der Waals surface area contributed by atoms with E-state index in [4.69, 9.17) is 9.47 Å². The first-order valence-electron chi connectivity index (χ1n) is 8.53. The van der Waals surface area contributed by atoms with E-state index in [9.17, 15) is 9.59 Å². The second kappa shape index (κ2) is 8.05. The normalized spacial score (nSPS) is 11.9. The van der Waals surface area contributed by atoms with Crippen LogP contribution < -0.4 is 20.1 Å². The van der Waals surface area contributed by atoms with Crippen molar-refractivity contribution in [1.29, 1.82) is 0 Å². The lowest BCUT2D eigenvalue weighted by molar-refractivity contribution is 0.0948. The SMILES string of the molecule is O=C(Nc1nc(C(=O)NCCc2ccncc2)cs1)c1ccc2c(c1)OCO2. The monoisotopic (exact) mass is 396 g/mol. The summed E-state index contributed by atoms with van der Waals surface area (Å²) >= 11 is 1.19. The lowest BCUT2D eigenvalue weighted by Crippen LogP contribution is -2.26. The van der Waals surface area contributed by atoms with Gasteiger partial charge < -0.3 is 14.8 Å². The second-order valence-corrected chi connectivity index (χ2v) is 6.78. The van der Waals surface area contributed by atoms with Gasteiger partial charge in [0.25, 0.3) is 11.8 Å². The molecule has 0 saturated heterocycles. The molecule has 3 heterocycles. The number of rotatable bonds is 6. The number of thiazole rings is 1. The fraction of sp³-hybridized carbons (Fsp3) is 0.158. The molecule has 1 aromatic carbocycles. The van der Waals surface area contributed by atoms with Crippen molar-refractivity contribution < 1.29 is 19.1 Å². The van der Waals surface area contributed by atoms with E-state index in [0.717, 1.165) is 5.56 Å². The third kappa shape index (κ3) is 4.09. The Labute approximate surface area is 164 Å². The van der Waals surface area contributed by atoms with E-state index in [2.05, 4.69) is 20.6 Å². The molecule has 9 heteroatoms. The first-order valence-corrected chi connectivity index (χ1v) is 9.40. The number of amides is 2. The number of aromatic nitrogens is 2. The van der Waals surface area contributed by atoms with Crippen LogP contribution in [0.15, 0.2) is 48.1 Å². The van der Waals surface area contributed by atoms with Crippen molar-refractivity contribution in [1.82, 2.24) is 15.3 Å². The lowest BCUT2D eigenvalue weighted by atomic mass is 10.2. The number of ether oxygens (including phenoxy) is 2. The molecule has 2 aromatic heterocycles. The Hall–Kier alpha value is -3.46. The molecule has 28 heavy (non-hydrogen) atoms. The molecule has 0 fully saturated rings. The number of nitrogens with zero attached hydrogens (tertiary/aromatic N) is 2. The van der Waals surface area contributed by atoms with Crippen molar-refractivity contribution in [2.24, 2.45) is 0 Å². The molecular formula is C19H16N4O4S. The average molecular weight is 396 g/mol. The summed E-state index contributed by atoms with van der Waals surface area (Å²) < 4.78 is 10.5. The van der Waals surface area contributed by atoms with Crippen LogP contribution in [0.2, 0.25) is 0 Å². The molecule has 2 amide bonds. The Kier molecular flexibility index (Phi) is 5.16. The van der Waals surface area contributed by atoms with E-state index in [-0.39, 0.29) is 24.3 Å². The standard InChI is InChI=1S/C19H16N4O4S/c24-17(13-1-2-15-16(9-13)27-11-26-15)23-19-22-14(10-28-19)18(25)21-8-5-12-3-6-20-7-4-12/h1-4,6-7,9-10H,5,8,11H2,(H,21,25)(H,22,23,24). The van der Waals surface area contributed by atoms with Gasteiger partial charge in [-0.25, -0.2) is 4.98 Å². The van der Waals surface area contributed by atoms with E-state index >= 15 is 0 Å². The van der Waals surface area contributed by atoms with Gasteiger partial charge in [0.1, 0.15) is 5.69 Å². The minimum atomic E-state index is -0.336. The van der Waals surface area contributed by atoms with Gasteiger partial charge in [-0.3, -0.25) is 19.9 Å². The molecule has 3 aromatic rings. The largest absolute Gasteiger partial charge is 0.454 e. The van der Waals surface area contributed by atoms with Crippen molar-refractivity contribution in [3.8, 4) is 11.5 Å². The van der Waals surface area contributed by atoms with Crippen molar-refractivity contribution in [3.63, 3.8) is 0 Å². The number of anilines is 1. The van der Waals surface area contributed by atoms with Crippen molar-refractivity contribution in [2.75, 3.05) is 18.7 Å². The highest BCUT2D eigenvalue weighted by Crippen LogP contribution is 2.32. The van der Waals surface area contributed by atoms with Crippen LogP contribution in [0.5, 0.6) is 11.5 Å². The molecule has 1 aliphatic rings. The molecule has 2 N–H and O–H groups in total. The zero-order valence-corrected chi connectivity index (χ0v) is 15.5. The number of carbonyl (C=O) groups excluding carboxylic acids is 2. The Balaban J connectivity index is 1.32. The summed E-state index contributed by atoms with van der Waals surface area (Å²) in [5.41, 5.74) is 1.77. The zero-order valence-electron chi connectivity index (χ0n) is 14.7. The quantitative estimate of drug-likeness (QED) is 0.664. The van der Waals surface area contributed by atoms with Crippen LogP contribution >= 0.6 is 11.3 Å². The average Bonchev–Trinajstić information content (AvgIpc) is 3.37. The van der Waals surface area contributed by atoms with Crippen LogP contribution in [0, 0.1) is 0 Å². The summed E-state index contributed by atoms with van der Waals surface area (Å²) in [6, 6.07) is 8.74. The number of pyridine rings is 1. The van der Waals surface area contributed by atoms with E-state index in [1.165, 1.54) is 11.3 Å². The maximum atomic E-state index is 12.4. The predicted octanol–water partition coefficient (Wildman–Crippen LogP) is 2.49. The maximum absolute atomic E-state index is 12.4. The van der Waals surface area contributed by atoms with Gasteiger partial charge in [0, 0.05) is 29.9 Å². The number of fused-ring (bicyclic) bond motifs is 1. The first-order chi connectivity index (χ1) is 13.7. The van der Waals surface area contributed by atoms with Crippen LogP contribution in [0.3, 0.4) is 0 Å². The Bertz CT molecular complexity index is 1010. The first kappa shape index (κ1) is 17.9. The topological polar surface area (TPSA) is 102 Å². The summed E-state index contributed by atoms with van der Waals surface area (Å²) in [4.78, 5) is 32.7. The van der Waals surface area contributed by atoms with Gasteiger partial charge in [-0.1, -0.05) is 0 Å². The molecule has 0 atom stereocenters. The number of hydrogen-bond donors (Lipinski definition) is 2. The Morgan fingerprint density at radius 1 is 1.07 bits per heavy atom. The van der Waals surface area contributed by atoms with Crippen LogP contribution in [-0.4, -0.2) is 35.1 Å². The molecule has 0 radical (unpaired) electrons. The van der Waals surface area contributed by atoms with Gasteiger partial charge in [0.05, 0.1) is 0 Å². The van der Waals surface area contributed by atoms with Crippen molar-refractivity contribution in [3.05, 3.63) is 64.9 Å². The molecule has 0 unspecified atom stereocenters. The van der Waals surface area contributed by atoms with Crippen LogP contribution in [0.1, 0.15) is 26.4 Å². The second-order valence-electron chi connectivity index (χ2n) is 5.92. The van der Waals surface area contributed by atoms with E-state index in [0.29, 0.717) is 35.2 Å². The highest BCUT2D eigenvalue weighted by atomic mass is 32.1. The van der Waals surface area contributed by atoms with Gasteiger partial charge in [0.15, 0.2) is 16.6 Å². The molecule has 1 aliphatic heterocycles. The zero-order chi connectivity index (χ0) is 19.3. The number of carbonyl (C=O) groups is 2. The number of hydrogen-bond acceptors (Lipinski definition) is 7. The summed E-state index contributed by atoms with van der Waals surface area (Å²) in [5.74, 6) is 0.517. The fourth-order valence-electron chi connectivity index (χ4n) is 2.60. The van der Waals surface area contributed by atoms with E-state index in [1.54, 1.807) is 36.0 Å². The predicted molar refractivity (Wildman–Crippen MR) is 103 cm³/mol. The van der Waals surface area contributed by atoms with E-state index in [1.807, 2.05) is 12.1 Å². The van der Waals surface area contributed by atoms with Gasteiger partial charge in [-0.05, 0) is 42.3 Å². The molecule has 8 nitrogen and oxygen atoms in total. The molecule has 4 rings (SSSR count). The van der Waals surface area contributed by atoms with Crippen LogP contribution in [0.4, 0.5) is 5.13 Å². The van der Waals surface area contributed by atoms with Gasteiger partial charge in [-0.2, -0.15) is 0 Å². The van der Waals surface area contributed by atoms with Gasteiger partial charge >= 0.3 is 0 Å². The molecule has 0 bridgehead atoms. The summed E-state index contributed by atoms with van der Waals surface area (Å²) in [6.07, 6.45) is 4.13. The van der Waals surface area contributed by atoms with Crippen LogP contribution in [-0.2, 0) is 6.42 Å². The van der Waals surface area contributed by atoms with Crippen molar-refractivity contribution >= 4 is 28.3 Å². The summed E-state index contributed by atoms with van der Waals surface area (Å²) in [5, 5.41) is 7.46. The minimum absolute atomic E-state index is 0.145. The fourth-order valence-corrected chi connectivity index (χ4v) is 3.29. The minimum Gasteiger partial charge on any atom is -0.454 e. The van der Waals surface area contributed by atoms with Crippen LogP contribution in [0.25, 0.3) is 0 Å². The number of nitrogens with one attached hydrogen (secondary N) is 2. The summed E-state index contributed by atoms with van der Waals surface area (Å²) in [7, 11) is 0. The van der Waals surface area contributed by atoms with Gasteiger partial charge in [0.2, 0.25) is 6.79 Å². The molecule has 142 valence electrons. The number of benzene rings is 1. The summed E-state index contributed by atoms with van der Waals surface area (Å²) in [6.45, 7) is 0.631. The smallest absolute Gasteiger partial charge is 0.270 e. The molecule has 0 spiro atoms. The Morgan fingerprint density at radius 3 is 2.75 bits per heavy atom. The maximum Gasteiger partial charge on any atom is 0.270 e. The molecular weight excluding hydrogens is 380 g/mol. The highest BCUT2D eigenvalue weighted by Gasteiger charge is 2.17. The third-order valence-electron chi connectivity index (χ3n) is 4.04. The third-order valence-corrected chi connectivity index (χ3v) is 4.80. The van der Waals surface area contributed by atoms with Gasteiger partial charge in [-0.15, -0.1) is 11.3 Å². The highest BCUT2D eigenvalue weighted by molar-refractivity contribution is 7.14.